The summed E-state index contributed by atoms with van der Waals surface area (Å²) in [5.41, 5.74) is 2.84. The lowest BCUT2D eigenvalue weighted by Gasteiger charge is -2.10. The van der Waals surface area contributed by atoms with Gasteiger partial charge in [-0.05, 0) is 42.9 Å². The minimum absolute atomic E-state index is 1.24. The van der Waals surface area contributed by atoms with Gasteiger partial charge in [0.1, 0.15) is 0 Å². The molecule has 0 heteroatoms. The summed E-state index contributed by atoms with van der Waals surface area (Å²) in [6, 6.07) is 11.8. The Balaban J connectivity index is 1.99. The molecule has 18 heavy (non-hydrogen) atoms. The monoisotopic (exact) mass is 241 g/mol. The van der Waals surface area contributed by atoms with E-state index in [2.05, 4.69) is 30.3 Å². The van der Waals surface area contributed by atoms with Gasteiger partial charge in [-0.15, -0.1) is 0 Å². The Hall–Kier alpha value is -1.04. The van der Waals surface area contributed by atoms with E-state index in [9.17, 15) is 0 Å². The zero-order valence-electron chi connectivity index (χ0n) is 11.5. The van der Waals surface area contributed by atoms with Crippen LogP contribution in [0.15, 0.2) is 30.3 Å². The van der Waals surface area contributed by atoms with E-state index < -0.39 is 0 Å². The number of hydrogen-bond donors (Lipinski definition) is 0. The van der Waals surface area contributed by atoms with Crippen LogP contribution in [0.3, 0.4) is 0 Å². The maximum Gasteiger partial charge on any atom is -0.0103 e. The van der Waals surface area contributed by atoms with E-state index in [1.54, 1.807) is 0 Å². The molecule has 2 rings (SSSR count). The summed E-state index contributed by atoms with van der Waals surface area (Å²) in [6.45, 7) is 0. The maximum absolute atomic E-state index is 3.38. The summed E-state index contributed by atoms with van der Waals surface area (Å²) < 4.78 is 0. The highest BCUT2D eigenvalue weighted by atomic mass is 14.1. The molecule has 0 atom stereocenters. The third kappa shape index (κ3) is 4.68. The van der Waals surface area contributed by atoms with Gasteiger partial charge < -0.3 is 0 Å². The average molecular weight is 241 g/mol. The lowest BCUT2D eigenvalue weighted by molar-refractivity contribution is 0.568. The second-order valence-electron chi connectivity index (χ2n) is 5.37. The molecule has 0 aliphatic heterocycles. The predicted octanol–water partition coefficient (Wildman–Crippen LogP) is 5.78. The van der Waals surface area contributed by atoms with Gasteiger partial charge in [0, 0.05) is 0 Å². The second kappa shape index (κ2) is 8.13. The highest BCUT2D eigenvalue weighted by molar-refractivity contribution is 5.64. The molecule has 1 radical (unpaired) electrons. The molecule has 0 N–H and O–H groups in total. The first-order valence-electron chi connectivity index (χ1n) is 7.63. The van der Waals surface area contributed by atoms with Crippen molar-refractivity contribution in [3.63, 3.8) is 0 Å². The van der Waals surface area contributed by atoms with Gasteiger partial charge in [0.15, 0.2) is 0 Å². The molecule has 0 nitrogen and oxygen atoms in total. The van der Waals surface area contributed by atoms with E-state index in [4.69, 9.17) is 0 Å². The molecule has 0 fully saturated rings. The summed E-state index contributed by atoms with van der Waals surface area (Å²) in [5.74, 6) is 0. The van der Waals surface area contributed by atoms with Crippen LogP contribution < -0.4 is 0 Å². The van der Waals surface area contributed by atoms with Crippen LogP contribution in [-0.2, 0) is 0 Å². The molecule has 0 saturated heterocycles. The Kier molecular flexibility index (Phi) is 6.05. The van der Waals surface area contributed by atoms with Gasteiger partial charge in [0.25, 0.3) is 0 Å². The minimum atomic E-state index is 1.24. The molecule has 0 bridgehead atoms. The van der Waals surface area contributed by atoms with E-state index in [1.165, 1.54) is 75.3 Å². The lowest BCUT2D eigenvalue weighted by Crippen LogP contribution is -1.89. The maximum atomic E-state index is 3.38. The van der Waals surface area contributed by atoms with Crippen LogP contribution in [0.2, 0.25) is 0 Å². The van der Waals surface area contributed by atoms with Gasteiger partial charge in [-0.25, -0.2) is 0 Å². The van der Waals surface area contributed by atoms with Crippen molar-refractivity contribution in [2.24, 2.45) is 0 Å². The largest absolute Gasteiger partial charge is 0.0807 e. The Morgan fingerprint density at radius 3 is 2.22 bits per heavy atom. The lowest BCUT2D eigenvalue weighted by atomic mass is 9.96. The third-order valence-corrected chi connectivity index (χ3v) is 3.85. The number of benzene rings is 1. The van der Waals surface area contributed by atoms with E-state index in [0.717, 1.165) is 0 Å². The molecule has 0 spiro atoms. The van der Waals surface area contributed by atoms with Crippen molar-refractivity contribution in [1.29, 1.82) is 0 Å². The van der Waals surface area contributed by atoms with E-state index in [1.807, 2.05) is 6.07 Å². The molecule has 0 saturated carbocycles. The first-order valence-corrected chi connectivity index (χ1v) is 7.63. The number of rotatable bonds is 1. The molecule has 1 aliphatic carbocycles. The van der Waals surface area contributed by atoms with Crippen LogP contribution in [0.1, 0.15) is 69.8 Å². The number of allylic oxidation sites excluding steroid dienone is 2. The molecule has 0 unspecified atom stereocenters. The summed E-state index contributed by atoms with van der Waals surface area (Å²) in [6.07, 6.45) is 16.2. The van der Waals surface area contributed by atoms with E-state index in [0.29, 0.717) is 0 Å². The Morgan fingerprint density at radius 1 is 0.778 bits per heavy atom. The Labute approximate surface area is 112 Å². The fourth-order valence-electron chi connectivity index (χ4n) is 2.74. The summed E-state index contributed by atoms with van der Waals surface area (Å²) >= 11 is 0. The van der Waals surface area contributed by atoms with Crippen LogP contribution in [-0.4, -0.2) is 0 Å². The molecular weight excluding hydrogens is 216 g/mol. The topological polar surface area (TPSA) is 0 Å². The minimum Gasteiger partial charge on any atom is -0.0807 e. The summed E-state index contributed by atoms with van der Waals surface area (Å²) in [7, 11) is 0. The van der Waals surface area contributed by atoms with Crippen molar-refractivity contribution in [2.45, 2.75) is 64.2 Å². The molecule has 0 amide bonds. The number of hydrogen-bond acceptors (Lipinski definition) is 0. The van der Waals surface area contributed by atoms with Crippen LogP contribution >= 0.6 is 0 Å². The van der Waals surface area contributed by atoms with Gasteiger partial charge in [0.2, 0.25) is 0 Å². The average Bonchev–Trinajstić information content (AvgIpc) is 2.40. The fourth-order valence-corrected chi connectivity index (χ4v) is 2.74. The normalized spacial score (nSPS) is 22.3. The van der Waals surface area contributed by atoms with Gasteiger partial charge >= 0.3 is 0 Å². The summed E-state index contributed by atoms with van der Waals surface area (Å²) in [4.78, 5) is 0. The molecule has 97 valence electrons. The quantitative estimate of drug-likeness (QED) is 0.584. The van der Waals surface area contributed by atoms with Crippen LogP contribution in [0.5, 0.6) is 0 Å². The molecule has 1 aromatic rings. The fraction of sp³-hybridized carbons (Fsp3) is 0.556. The van der Waals surface area contributed by atoms with Crippen molar-refractivity contribution < 1.29 is 0 Å². The van der Waals surface area contributed by atoms with Crippen molar-refractivity contribution in [3.8, 4) is 0 Å². The van der Waals surface area contributed by atoms with Gasteiger partial charge in [-0.2, -0.15) is 0 Å². The Bertz CT molecular complexity index is 348. The van der Waals surface area contributed by atoms with Gasteiger partial charge in [-0.3, -0.25) is 0 Å². The summed E-state index contributed by atoms with van der Waals surface area (Å²) in [5, 5.41) is 0. The molecule has 0 aromatic heterocycles. The van der Waals surface area contributed by atoms with Gasteiger partial charge in [-0.1, -0.05) is 68.9 Å². The molecular formula is C18H25. The van der Waals surface area contributed by atoms with Crippen LogP contribution in [0.4, 0.5) is 0 Å². The first-order chi connectivity index (χ1) is 8.97. The smallest absolute Gasteiger partial charge is 0.0103 e. The van der Waals surface area contributed by atoms with Crippen molar-refractivity contribution in [2.75, 3.05) is 0 Å². The van der Waals surface area contributed by atoms with E-state index in [-0.39, 0.29) is 0 Å². The molecule has 1 aromatic carbocycles. The van der Waals surface area contributed by atoms with Crippen molar-refractivity contribution >= 4 is 5.57 Å². The third-order valence-electron chi connectivity index (χ3n) is 3.85. The zero-order valence-corrected chi connectivity index (χ0v) is 11.5. The first kappa shape index (κ1) is 13.4. The van der Waals surface area contributed by atoms with Crippen LogP contribution in [0, 0.1) is 6.07 Å². The highest BCUT2D eigenvalue weighted by Crippen LogP contribution is 2.23. The molecule has 1 aliphatic rings. The van der Waals surface area contributed by atoms with E-state index >= 15 is 0 Å². The highest BCUT2D eigenvalue weighted by Gasteiger charge is 2.02. The van der Waals surface area contributed by atoms with Crippen molar-refractivity contribution in [1.82, 2.24) is 0 Å². The Morgan fingerprint density at radius 2 is 1.50 bits per heavy atom. The zero-order chi connectivity index (χ0) is 12.5. The standard InChI is InChI=1S/C18H25/c1-2-4-6-9-13-17(14-10-7-5-3-1)18-15-11-8-12-16-18/h8,11-13,15H,1-7,9-10,14H2/b17-13+. The molecule has 0 heterocycles. The second-order valence-corrected chi connectivity index (χ2v) is 5.37. The predicted molar refractivity (Wildman–Crippen MR) is 79.4 cm³/mol. The SMILES string of the molecule is [c]1ccccc1/C1=C/CCCCCCCCCC1. The van der Waals surface area contributed by atoms with Crippen molar-refractivity contribution in [3.05, 3.63) is 42.0 Å². The van der Waals surface area contributed by atoms with Crippen LogP contribution in [0.25, 0.3) is 5.57 Å². The van der Waals surface area contributed by atoms with Gasteiger partial charge in [0.05, 0.1) is 0 Å².